The standard InChI is InChI=1S/C17H20ClNO3/c1-6-7-11-12-8-9-19(16(20)22-17(2,3)4)15(12)13(18)10-14(11)21-5/h6,8-10H,1,7H2,2-5H3/i5D3. The zero-order valence-corrected chi connectivity index (χ0v) is 13.5. The maximum absolute atomic E-state index is 12.4. The van der Waals surface area contributed by atoms with Crippen molar-refractivity contribution in [2.45, 2.75) is 32.8 Å². The van der Waals surface area contributed by atoms with Gasteiger partial charge >= 0.3 is 6.09 Å². The predicted octanol–water partition coefficient (Wildman–Crippen LogP) is 4.82. The number of allylic oxidation sites excluding steroid dienone is 1. The first-order valence-electron chi connectivity index (χ1n) is 8.28. The van der Waals surface area contributed by atoms with Gasteiger partial charge in [0.05, 0.1) is 21.7 Å². The summed E-state index contributed by atoms with van der Waals surface area (Å²) in [6, 6.07) is 3.08. The van der Waals surface area contributed by atoms with Crippen molar-refractivity contribution < 1.29 is 18.4 Å². The Morgan fingerprint density at radius 2 is 2.27 bits per heavy atom. The quantitative estimate of drug-likeness (QED) is 0.760. The van der Waals surface area contributed by atoms with Crippen LogP contribution in [0.15, 0.2) is 31.0 Å². The van der Waals surface area contributed by atoms with Crippen LogP contribution in [-0.2, 0) is 11.2 Å². The molecule has 2 aromatic rings. The van der Waals surface area contributed by atoms with Gasteiger partial charge in [-0.25, -0.2) is 4.79 Å². The van der Waals surface area contributed by atoms with Gasteiger partial charge in [-0.3, -0.25) is 4.57 Å². The van der Waals surface area contributed by atoms with Crippen molar-refractivity contribution in [3.63, 3.8) is 0 Å². The fourth-order valence-electron chi connectivity index (χ4n) is 2.23. The van der Waals surface area contributed by atoms with Crippen LogP contribution in [0.2, 0.25) is 5.02 Å². The maximum Gasteiger partial charge on any atom is 0.419 e. The van der Waals surface area contributed by atoms with Crippen LogP contribution < -0.4 is 4.74 Å². The molecule has 0 unspecified atom stereocenters. The Labute approximate surface area is 139 Å². The lowest BCUT2D eigenvalue weighted by atomic mass is 10.1. The number of halogens is 1. The molecule has 0 amide bonds. The summed E-state index contributed by atoms with van der Waals surface area (Å²) in [5, 5.41) is 0.801. The van der Waals surface area contributed by atoms with Crippen LogP contribution in [0.3, 0.4) is 0 Å². The van der Waals surface area contributed by atoms with Crippen molar-refractivity contribution in [1.82, 2.24) is 4.57 Å². The second kappa shape index (κ2) is 6.05. The Morgan fingerprint density at radius 1 is 1.55 bits per heavy atom. The molecule has 0 aliphatic carbocycles. The van der Waals surface area contributed by atoms with Crippen molar-refractivity contribution in [1.29, 1.82) is 0 Å². The minimum atomic E-state index is -2.61. The highest BCUT2D eigenvalue weighted by Crippen LogP contribution is 2.35. The molecule has 22 heavy (non-hydrogen) atoms. The van der Waals surface area contributed by atoms with E-state index in [0.717, 1.165) is 0 Å². The van der Waals surface area contributed by atoms with Gasteiger partial charge in [0.1, 0.15) is 11.4 Å². The number of nitrogens with zero attached hydrogens (tertiary/aromatic N) is 1. The molecule has 0 saturated heterocycles. The molecule has 1 aromatic heterocycles. The van der Waals surface area contributed by atoms with E-state index in [1.165, 1.54) is 16.8 Å². The van der Waals surface area contributed by atoms with Gasteiger partial charge in [0.2, 0.25) is 0 Å². The summed E-state index contributed by atoms with van der Waals surface area (Å²) in [4.78, 5) is 12.4. The Bertz CT molecular complexity index is 819. The smallest absolute Gasteiger partial charge is 0.419 e. The molecule has 2 rings (SSSR count). The van der Waals surface area contributed by atoms with Gasteiger partial charge in [-0.05, 0) is 33.3 Å². The highest BCUT2D eigenvalue weighted by Gasteiger charge is 2.22. The molecule has 1 heterocycles. The van der Waals surface area contributed by atoms with Crippen molar-refractivity contribution >= 4 is 28.6 Å². The average molecular weight is 325 g/mol. The first kappa shape index (κ1) is 12.6. The lowest BCUT2D eigenvalue weighted by Gasteiger charge is -2.20. The van der Waals surface area contributed by atoms with Gasteiger partial charge in [0.15, 0.2) is 0 Å². The Hall–Kier alpha value is -1.94. The maximum atomic E-state index is 12.4. The molecule has 118 valence electrons. The molecular formula is C17H20ClNO3. The van der Waals surface area contributed by atoms with Crippen molar-refractivity contribution in [2.75, 3.05) is 7.04 Å². The Balaban J connectivity index is 2.63. The van der Waals surface area contributed by atoms with Crippen molar-refractivity contribution in [2.24, 2.45) is 0 Å². The van der Waals surface area contributed by atoms with E-state index in [1.54, 1.807) is 32.9 Å². The molecule has 0 spiro atoms. The Morgan fingerprint density at radius 3 is 2.86 bits per heavy atom. The number of hydrogen-bond acceptors (Lipinski definition) is 3. The monoisotopic (exact) mass is 324 g/mol. The molecule has 0 bridgehead atoms. The number of ether oxygens (including phenoxy) is 2. The fraction of sp³-hybridized carbons (Fsp3) is 0.353. The van der Waals surface area contributed by atoms with E-state index < -0.39 is 18.7 Å². The van der Waals surface area contributed by atoms with Crippen LogP contribution in [0.5, 0.6) is 5.75 Å². The van der Waals surface area contributed by atoms with Crippen molar-refractivity contribution in [3.05, 3.63) is 41.6 Å². The van der Waals surface area contributed by atoms with Crippen LogP contribution in [0.1, 0.15) is 30.4 Å². The predicted molar refractivity (Wildman–Crippen MR) is 89.0 cm³/mol. The fourth-order valence-corrected chi connectivity index (χ4v) is 2.52. The third-order valence-electron chi connectivity index (χ3n) is 3.04. The zero-order chi connectivity index (χ0) is 19.0. The van der Waals surface area contributed by atoms with Crippen LogP contribution in [0.4, 0.5) is 4.79 Å². The van der Waals surface area contributed by atoms with E-state index in [2.05, 4.69) is 6.58 Å². The molecule has 4 nitrogen and oxygen atoms in total. The van der Waals surface area contributed by atoms with Crippen molar-refractivity contribution in [3.8, 4) is 5.75 Å². The number of benzene rings is 1. The van der Waals surface area contributed by atoms with Gasteiger partial charge in [-0.2, -0.15) is 0 Å². The number of carbonyl (C=O) groups excluding carboxylic acids is 1. The molecule has 1 aromatic carbocycles. The van der Waals surface area contributed by atoms with Crippen LogP contribution in [-0.4, -0.2) is 23.3 Å². The molecule has 5 heteroatoms. The van der Waals surface area contributed by atoms with E-state index in [1.807, 2.05) is 0 Å². The largest absolute Gasteiger partial charge is 0.496 e. The van der Waals surface area contributed by atoms with Gasteiger partial charge in [-0.1, -0.05) is 17.7 Å². The third-order valence-corrected chi connectivity index (χ3v) is 3.33. The zero-order valence-electron chi connectivity index (χ0n) is 15.8. The van der Waals surface area contributed by atoms with E-state index in [0.29, 0.717) is 22.9 Å². The number of methoxy groups -OCH3 is 1. The Kier molecular flexibility index (Phi) is 3.46. The molecule has 0 aliphatic rings. The molecule has 0 atom stereocenters. The SMILES string of the molecule is [2H]C([2H])([2H])Oc1cc(Cl)c2c(ccn2C(=O)OC(C)(C)C)c1CC=C. The normalized spacial score (nSPS) is 14.1. The lowest BCUT2D eigenvalue weighted by Crippen LogP contribution is -2.26. The van der Waals surface area contributed by atoms with Gasteiger partial charge in [-0.15, -0.1) is 6.58 Å². The highest BCUT2D eigenvalue weighted by molar-refractivity contribution is 6.35. The summed E-state index contributed by atoms with van der Waals surface area (Å²) in [6.07, 6.45) is 2.95. The molecule has 0 fully saturated rings. The number of hydrogen-bond donors (Lipinski definition) is 0. The van der Waals surface area contributed by atoms with E-state index >= 15 is 0 Å². The summed E-state index contributed by atoms with van der Waals surface area (Å²) in [5.74, 6) is 0.138. The number of aromatic nitrogens is 1. The van der Waals surface area contributed by atoms with Crippen LogP contribution in [0, 0.1) is 0 Å². The second-order valence-corrected chi connectivity index (χ2v) is 6.27. The molecule has 0 radical (unpaired) electrons. The third kappa shape index (κ3) is 3.12. The van der Waals surface area contributed by atoms with Crippen LogP contribution in [0.25, 0.3) is 10.9 Å². The minimum absolute atomic E-state index is 0.138. The number of carbonyl (C=O) groups is 1. The lowest BCUT2D eigenvalue weighted by molar-refractivity contribution is 0.0544. The van der Waals surface area contributed by atoms with E-state index in [4.69, 9.17) is 25.2 Å². The summed E-state index contributed by atoms with van der Waals surface area (Å²) >= 11 is 6.31. The summed E-state index contributed by atoms with van der Waals surface area (Å²) < 4.78 is 33.7. The number of fused-ring (bicyclic) bond motifs is 1. The number of rotatable bonds is 3. The minimum Gasteiger partial charge on any atom is -0.496 e. The molecule has 0 saturated carbocycles. The summed E-state index contributed by atoms with van der Waals surface area (Å²) in [5.41, 5.74) is 0.368. The molecule has 0 N–H and O–H groups in total. The van der Waals surface area contributed by atoms with Gasteiger partial charge in [0.25, 0.3) is 0 Å². The topological polar surface area (TPSA) is 40.5 Å². The summed E-state index contributed by atoms with van der Waals surface area (Å²) in [6.45, 7) is 8.99. The highest BCUT2D eigenvalue weighted by atomic mass is 35.5. The first-order valence-corrected chi connectivity index (χ1v) is 7.16. The first-order chi connectivity index (χ1) is 11.4. The second-order valence-electron chi connectivity index (χ2n) is 5.86. The van der Waals surface area contributed by atoms with E-state index in [9.17, 15) is 4.79 Å². The van der Waals surface area contributed by atoms with Crippen LogP contribution >= 0.6 is 11.6 Å². The molecule has 0 aliphatic heterocycles. The van der Waals surface area contributed by atoms with Gasteiger partial charge < -0.3 is 9.47 Å². The molecular weight excluding hydrogens is 302 g/mol. The average Bonchev–Trinajstić information content (AvgIpc) is 2.84. The van der Waals surface area contributed by atoms with Gasteiger partial charge in [0, 0.05) is 23.2 Å². The van der Waals surface area contributed by atoms with E-state index in [-0.39, 0.29) is 10.8 Å². The summed E-state index contributed by atoms with van der Waals surface area (Å²) in [7, 11) is -2.61.